The van der Waals surface area contributed by atoms with Crippen molar-refractivity contribution in [3.05, 3.63) is 96.1 Å². The van der Waals surface area contributed by atoms with Gasteiger partial charge in [0.1, 0.15) is 0 Å². The van der Waals surface area contributed by atoms with Crippen molar-refractivity contribution < 1.29 is 4.79 Å². The second kappa shape index (κ2) is 7.44. The number of aromatic amines is 1. The van der Waals surface area contributed by atoms with E-state index >= 15 is 0 Å². The minimum Gasteiger partial charge on any atom is -0.354 e. The first-order chi connectivity index (χ1) is 14.7. The molecule has 30 heavy (non-hydrogen) atoms. The largest absolute Gasteiger partial charge is 0.354 e. The third-order valence-corrected chi connectivity index (χ3v) is 5.25. The van der Waals surface area contributed by atoms with Crippen LogP contribution < -0.4 is 5.32 Å². The second-order valence-corrected chi connectivity index (χ2v) is 7.34. The Morgan fingerprint density at radius 2 is 1.77 bits per heavy atom. The average molecular weight is 392 g/mol. The summed E-state index contributed by atoms with van der Waals surface area (Å²) in [4.78, 5) is 24.7. The van der Waals surface area contributed by atoms with Crippen molar-refractivity contribution in [1.29, 1.82) is 0 Å². The van der Waals surface area contributed by atoms with E-state index in [1.54, 1.807) is 6.20 Å². The van der Waals surface area contributed by atoms with Crippen molar-refractivity contribution in [1.82, 2.24) is 20.3 Å². The number of nitrogens with one attached hydrogen (secondary N) is 2. The highest BCUT2D eigenvalue weighted by molar-refractivity contribution is 6.09. The van der Waals surface area contributed by atoms with Crippen LogP contribution in [0.3, 0.4) is 0 Å². The van der Waals surface area contributed by atoms with Crippen LogP contribution in [0.4, 0.5) is 0 Å². The summed E-state index contributed by atoms with van der Waals surface area (Å²) in [5.41, 5.74) is 6.54. The lowest BCUT2D eigenvalue weighted by atomic mass is 10.1. The summed E-state index contributed by atoms with van der Waals surface area (Å²) in [6.45, 7) is 2.34. The average Bonchev–Trinajstić information content (AvgIpc) is 3.15. The van der Waals surface area contributed by atoms with Gasteiger partial charge in [0.2, 0.25) is 0 Å². The van der Waals surface area contributed by atoms with E-state index in [1.807, 2.05) is 73.8 Å². The minimum absolute atomic E-state index is 0.119. The molecule has 0 unspecified atom stereocenters. The molecule has 0 aliphatic heterocycles. The molecule has 5 heteroatoms. The second-order valence-electron chi connectivity index (χ2n) is 7.34. The topological polar surface area (TPSA) is 70.7 Å². The molecule has 0 atom stereocenters. The number of aryl methyl sites for hydroxylation is 1. The van der Waals surface area contributed by atoms with E-state index in [4.69, 9.17) is 0 Å². The lowest BCUT2D eigenvalue weighted by Crippen LogP contribution is -2.23. The van der Waals surface area contributed by atoms with Gasteiger partial charge >= 0.3 is 0 Å². The van der Waals surface area contributed by atoms with Crippen LogP contribution in [-0.4, -0.2) is 20.9 Å². The highest BCUT2D eigenvalue weighted by Gasteiger charge is 2.10. The number of carbonyl (C=O) groups excluding carboxylic acids is 1. The molecule has 0 aliphatic rings. The van der Waals surface area contributed by atoms with Gasteiger partial charge in [0.05, 0.1) is 12.2 Å². The van der Waals surface area contributed by atoms with Crippen LogP contribution in [0.25, 0.3) is 32.9 Å². The fourth-order valence-electron chi connectivity index (χ4n) is 3.69. The summed E-state index contributed by atoms with van der Waals surface area (Å²) in [6.07, 6.45) is 3.62. The highest BCUT2D eigenvalue weighted by atomic mass is 16.1. The summed E-state index contributed by atoms with van der Waals surface area (Å²) in [5, 5.41) is 5.23. The molecule has 0 saturated carbocycles. The zero-order valence-electron chi connectivity index (χ0n) is 16.5. The Morgan fingerprint density at radius 1 is 0.900 bits per heavy atom. The summed E-state index contributed by atoms with van der Waals surface area (Å²) >= 11 is 0. The van der Waals surface area contributed by atoms with Crippen molar-refractivity contribution in [2.75, 3.05) is 0 Å². The van der Waals surface area contributed by atoms with E-state index in [0.717, 1.165) is 44.3 Å². The maximum atomic E-state index is 12.6. The maximum absolute atomic E-state index is 12.6. The standard InChI is InChI=1S/C25H20N4O/c1-16-12-17(10-11-26-16)19-6-8-20(27-14-19)15-28-25(30)18-7-9-22-21-4-2-3-5-23(21)29-24(22)13-18/h2-14,29H,15H2,1H3,(H,28,30). The smallest absolute Gasteiger partial charge is 0.251 e. The third kappa shape index (κ3) is 3.42. The van der Waals surface area contributed by atoms with Gasteiger partial charge in [0.15, 0.2) is 0 Å². The molecule has 0 fully saturated rings. The van der Waals surface area contributed by atoms with Crippen LogP contribution in [0.5, 0.6) is 0 Å². The molecule has 0 bridgehead atoms. The van der Waals surface area contributed by atoms with E-state index in [9.17, 15) is 4.79 Å². The van der Waals surface area contributed by atoms with Gasteiger partial charge < -0.3 is 10.3 Å². The molecule has 0 radical (unpaired) electrons. The minimum atomic E-state index is -0.119. The molecule has 3 aromatic heterocycles. The molecule has 0 spiro atoms. The number of amides is 1. The molecular weight excluding hydrogens is 372 g/mol. The van der Waals surface area contributed by atoms with Gasteiger partial charge in [-0.25, -0.2) is 0 Å². The zero-order valence-corrected chi connectivity index (χ0v) is 16.5. The summed E-state index contributed by atoms with van der Waals surface area (Å²) < 4.78 is 0. The molecular formula is C25H20N4O. The molecule has 3 heterocycles. The number of hydrogen-bond donors (Lipinski definition) is 2. The molecule has 5 nitrogen and oxygen atoms in total. The molecule has 0 aliphatic carbocycles. The monoisotopic (exact) mass is 392 g/mol. The molecule has 5 rings (SSSR count). The predicted molar refractivity (Wildman–Crippen MR) is 119 cm³/mol. The molecule has 146 valence electrons. The normalized spacial score (nSPS) is 11.1. The SMILES string of the molecule is Cc1cc(-c2ccc(CNC(=O)c3ccc4c(c3)[nH]c3ccccc34)nc2)ccn1. The van der Waals surface area contributed by atoms with Crippen LogP contribution in [0.2, 0.25) is 0 Å². The van der Waals surface area contributed by atoms with E-state index in [1.165, 1.54) is 0 Å². The molecule has 0 saturated heterocycles. The van der Waals surface area contributed by atoms with Gasteiger partial charge in [-0.1, -0.05) is 30.3 Å². The Morgan fingerprint density at radius 3 is 2.60 bits per heavy atom. The number of aromatic nitrogens is 3. The number of nitrogens with zero attached hydrogens (tertiary/aromatic N) is 2. The number of fused-ring (bicyclic) bond motifs is 3. The first-order valence-electron chi connectivity index (χ1n) is 9.84. The van der Waals surface area contributed by atoms with Crippen molar-refractivity contribution in [3.63, 3.8) is 0 Å². The van der Waals surface area contributed by atoms with Crippen LogP contribution in [0.1, 0.15) is 21.7 Å². The number of hydrogen-bond acceptors (Lipinski definition) is 3. The first kappa shape index (κ1) is 18.1. The number of benzene rings is 2. The van der Waals surface area contributed by atoms with Gasteiger partial charge in [0.25, 0.3) is 5.91 Å². The first-order valence-corrected chi connectivity index (χ1v) is 9.84. The quantitative estimate of drug-likeness (QED) is 0.451. The molecule has 1 amide bonds. The van der Waals surface area contributed by atoms with Gasteiger partial charge in [0, 0.05) is 51.0 Å². The van der Waals surface area contributed by atoms with Crippen LogP contribution in [0.15, 0.2) is 79.1 Å². The van der Waals surface area contributed by atoms with Crippen LogP contribution >= 0.6 is 0 Å². The van der Waals surface area contributed by atoms with Crippen molar-refractivity contribution in [3.8, 4) is 11.1 Å². The summed E-state index contributed by atoms with van der Waals surface area (Å²) in [6, 6.07) is 21.8. The predicted octanol–water partition coefficient (Wildman–Crippen LogP) is 5.02. The number of rotatable bonds is 4. The van der Waals surface area contributed by atoms with Gasteiger partial charge in [-0.05, 0) is 48.9 Å². The Labute approximate surface area is 173 Å². The number of para-hydroxylation sites is 1. The fourth-order valence-corrected chi connectivity index (χ4v) is 3.69. The fraction of sp³-hybridized carbons (Fsp3) is 0.0800. The lowest BCUT2D eigenvalue weighted by Gasteiger charge is -2.07. The highest BCUT2D eigenvalue weighted by Crippen LogP contribution is 2.26. The van der Waals surface area contributed by atoms with E-state index < -0.39 is 0 Å². The van der Waals surface area contributed by atoms with Crippen LogP contribution in [0, 0.1) is 6.92 Å². The van der Waals surface area contributed by atoms with Gasteiger partial charge in [-0.15, -0.1) is 0 Å². The Balaban J connectivity index is 1.30. The van der Waals surface area contributed by atoms with Gasteiger partial charge in [-0.3, -0.25) is 14.8 Å². The van der Waals surface area contributed by atoms with E-state index in [2.05, 4.69) is 26.3 Å². The number of H-pyrrole nitrogens is 1. The Bertz CT molecular complexity index is 1370. The van der Waals surface area contributed by atoms with Crippen molar-refractivity contribution in [2.24, 2.45) is 0 Å². The molecule has 2 N–H and O–H groups in total. The van der Waals surface area contributed by atoms with E-state index in [0.29, 0.717) is 12.1 Å². The summed E-state index contributed by atoms with van der Waals surface area (Å²) in [5.74, 6) is -0.119. The zero-order chi connectivity index (χ0) is 20.5. The number of pyridine rings is 2. The van der Waals surface area contributed by atoms with Crippen molar-refractivity contribution >= 4 is 27.7 Å². The van der Waals surface area contributed by atoms with Crippen molar-refractivity contribution in [2.45, 2.75) is 13.5 Å². The maximum Gasteiger partial charge on any atom is 0.251 e. The number of carbonyl (C=O) groups is 1. The van der Waals surface area contributed by atoms with Crippen LogP contribution in [-0.2, 0) is 6.54 Å². The van der Waals surface area contributed by atoms with E-state index in [-0.39, 0.29) is 5.91 Å². The lowest BCUT2D eigenvalue weighted by molar-refractivity contribution is 0.0950. The Hall–Kier alpha value is -3.99. The van der Waals surface area contributed by atoms with Gasteiger partial charge in [-0.2, -0.15) is 0 Å². The summed E-state index contributed by atoms with van der Waals surface area (Å²) in [7, 11) is 0. The molecule has 5 aromatic rings. The molecule has 2 aromatic carbocycles. The third-order valence-electron chi connectivity index (χ3n) is 5.25. The Kier molecular flexibility index (Phi) is 4.48.